The summed E-state index contributed by atoms with van der Waals surface area (Å²) in [6.45, 7) is 0. The van der Waals surface area contributed by atoms with E-state index in [0.717, 1.165) is 0 Å². The summed E-state index contributed by atoms with van der Waals surface area (Å²) in [6.07, 6.45) is 0. The second kappa shape index (κ2) is 6.08. The van der Waals surface area contributed by atoms with E-state index < -0.39 is 6.03 Å². The predicted octanol–water partition coefficient (Wildman–Crippen LogP) is 3.08. The van der Waals surface area contributed by atoms with Gasteiger partial charge >= 0.3 is 6.03 Å². The van der Waals surface area contributed by atoms with Gasteiger partial charge < -0.3 is 16.4 Å². The normalized spacial score (nSPS) is 9.85. The van der Waals surface area contributed by atoms with Crippen molar-refractivity contribution in [2.24, 2.45) is 5.73 Å². The minimum Gasteiger partial charge on any atom is -0.351 e. The number of carbonyl (C=O) groups excluding carboxylic acids is 2. The second-order valence-electron chi connectivity index (χ2n) is 4.03. The molecule has 2 aromatic rings. The van der Waals surface area contributed by atoms with E-state index >= 15 is 0 Å². The predicted molar refractivity (Wildman–Crippen MR) is 79.1 cm³/mol. The van der Waals surface area contributed by atoms with E-state index in [1.165, 1.54) is 6.07 Å². The van der Waals surface area contributed by atoms with Gasteiger partial charge in [-0.15, -0.1) is 0 Å². The van der Waals surface area contributed by atoms with Gasteiger partial charge in [-0.05, 0) is 36.4 Å². The van der Waals surface area contributed by atoms with Crippen LogP contribution in [0.25, 0.3) is 0 Å². The molecule has 0 aliphatic carbocycles. The molecule has 6 heteroatoms. The molecule has 0 saturated heterocycles. The molecule has 3 amide bonds. The number of anilines is 2. The Morgan fingerprint density at radius 1 is 0.950 bits per heavy atom. The molecule has 20 heavy (non-hydrogen) atoms. The third-order valence-electron chi connectivity index (χ3n) is 2.47. The van der Waals surface area contributed by atoms with Gasteiger partial charge in [-0.1, -0.05) is 23.7 Å². The number of benzene rings is 2. The van der Waals surface area contributed by atoms with Crippen molar-refractivity contribution in [3.05, 3.63) is 59.1 Å². The SMILES string of the molecule is NC(=O)Nc1cccc(C(=O)Nc2cccc(Cl)c2)c1. The Balaban J connectivity index is 2.15. The number of amides is 3. The highest BCUT2D eigenvalue weighted by Crippen LogP contribution is 2.17. The Kier molecular flexibility index (Phi) is 4.22. The van der Waals surface area contributed by atoms with Crippen molar-refractivity contribution in [2.45, 2.75) is 0 Å². The Labute approximate surface area is 120 Å². The van der Waals surface area contributed by atoms with Gasteiger partial charge in [0.05, 0.1) is 0 Å². The third-order valence-corrected chi connectivity index (χ3v) is 2.71. The lowest BCUT2D eigenvalue weighted by Gasteiger charge is -2.07. The number of urea groups is 1. The lowest BCUT2D eigenvalue weighted by molar-refractivity contribution is 0.102. The number of nitrogens with two attached hydrogens (primary N) is 1. The number of rotatable bonds is 3. The van der Waals surface area contributed by atoms with Gasteiger partial charge in [0.1, 0.15) is 0 Å². The molecule has 0 saturated carbocycles. The molecule has 2 rings (SSSR count). The fourth-order valence-electron chi connectivity index (χ4n) is 1.65. The Morgan fingerprint density at radius 3 is 2.25 bits per heavy atom. The van der Waals surface area contributed by atoms with Gasteiger partial charge in [-0.2, -0.15) is 0 Å². The van der Waals surface area contributed by atoms with Crippen molar-refractivity contribution in [1.29, 1.82) is 0 Å². The van der Waals surface area contributed by atoms with Gasteiger partial charge in [0.25, 0.3) is 5.91 Å². The van der Waals surface area contributed by atoms with Crippen LogP contribution in [0.1, 0.15) is 10.4 Å². The van der Waals surface area contributed by atoms with Crippen LogP contribution >= 0.6 is 11.6 Å². The smallest absolute Gasteiger partial charge is 0.316 e. The van der Waals surface area contributed by atoms with E-state index in [-0.39, 0.29) is 5.91 Å². The molecule has 0 unspecified atom stereocenters. The molecule has 0 bridgehead atoms. The fourth-order valence-corrected chi connectivity index (χ4v) is 1.84. The van der Waals surface area contributed by atoms with Crippen LogP contribution in [0.15, 0.2) is 48.5 Å². The zero-order chi connectivity index (χ0) is 14.5. The lowest BCUT2D eigenvalue weighted by atomic mass is 10.2. The minimum absolute atomic E-state index is 0.305. The highest BCUT2D eigenvalue weighted by molar-refractivity contribution is 6.31. The first-order valence-corrected chi connectivity index (χ1v) is 6.16. The average molecular weight is 290 g/mol. The molecule has 5 nitrogen and oxygen atoms in total. The molecule has 0 heterocycles. The van der Waals surface area contributed by atoms with Crippen LogP contribution in [0, 0.1) is 0 Å². The average Bonchev–Trinajstić information content (AvgIpc) is 2.38. The van der Waals surface area contributed by atoms with Crippen molar-refractivity contribution in [2.75, 3.05) is 10.6 Å². The number of carbonyl (C=O) groups is 2. The van der Waals surface area contributed by atoms with Crippen LogP contribution in [-0.4, -0.2) is 11.9 Å². The molecule has 0 spiro atoms. The highest BCUT2D eigenvalue weighted by atomic mass is 35.5. The number of halogens is 1. The zero-order valence-electron chi connectivity index (χ0n) is 10.4. The van der Waals surface area contributed by atoms with Crippen LogP contribution < -0.4 is 16.4 Å². The van der Waals surface area contributed by atoms with E-state index in [2.05, 4.69) is 10.6 Å². The monoisotopic (exact) mass is 289 g/mol. The van der Waals surface area contributed by atoms with Crippen molar-refractivity contribution >= 4 is 34.9 Å². The molecule has 0 atom stereocenters. The maximum Gasteiger partial charge on any atom is 0.316 e. The summed E-state index contributed by atoms with van der Waals surface area (Å²) in [7, 11) is 0. The van der Waals surface area contributed by atoms with Crippen molar-refractivity contribution in [3.63, 3.8) is 0 Å². The second-order valence-corrected chi connectivity index (χ2v) is 4.47. The largest absolute Gasteiger partial charge is 0.351 e. The van der Waals surface area contributed by atoms with E-state index in [9.17, 15) is 9.59 Å². The molecule has 4 N–H and O–H groups in total. The van der Waals surface area contributed by atoms with E-state index in [1.807, 2.05) is 0 Å². The summed E-state index contributed by atoms with van der Waals surface area (Å²) in [4.78, 5) is 22.8. The Bertz CT molecular complexity index is 658. The summed E-state index contributed by atoms with van der Waals surface area (Å²) in [5.74, 6) is -0.305. The first-order chi connectivity index (χ1) is 9.54. The van der Waals surface area contributed by atoms with Crippen molar-refractivity contribution in [3.8, 4) is 0 Å². The molecular weight excluding hydrogens is 278 g/mol. The molecule has 0 aliphatic heterocycles. The first-order valence-electron chi connectivity index (χ1n) is 5.78. The summed E-state index contributed by atoms with van der Waals surface area (Å²) in [5.41, 5.74) is 6.47. The Morgan fingerprint density at radius 2 is 1.60 bits per heavy atom. The van der Waals surface area contributed by atoms with Gasteiger partial charge in [0, 0.05) is 22.0 Å². The van der Waals surface area contributed by atoms with Crippen LogP contribution in [0.3, 0.4) is 0 Å². The number of hydrogen-bond acceptors (Lipinski definition) is 2. The first kappa shape index (κ1) is 13.9. The number of hydrogen-bond donors (Lipinski definition) is 3. The van der Waals surface area contributed by atoms with Crippen LogP contribution in [0.4, 0.5) is 16.2 Å². The van der Waals surface area contributed by atoms with Crippen LogP contribution in [0.2, 0.25) is 5.02 Å². The third kappa shape index (κ3) is 3.73. The standard InChI is InChI=1S/C14H12ClN3O2/c15-10-4-2-6-12(8-10)17-13(19)9-3-1-5-11(7-9)18-14(16)20/h1-8H,(H,17,19)(H3,16,18,20). The molecular formula is C14H12ClN3O2. The molecule has 0 aliphatic rings. The topological polar surface area (TPSA) is 84.2 Å². The maximum absolute atomic E-state index is 12.1. The van der Waals surface area contributed by atoms with Gasteiger partial charge in [-0.25, -0.2) is 4.79 Å². The van der Waals surface area contributed by atoms with E-state index in [1.54, 1.807) is 42.5 Å². The van der Waals surface area contributed by atoms with Crippen LogP contribution in [-0.2, 0) is 0 Å². The summed E-state index contributed by atoms with van der Waals surface area (Å²) in [6, 6.07) is 12.6. The molecule has 0 fully saturated rings. The zero-order valence-corrected chi connectivity index (χ0v) is 11.1. The molecule has 2 aromatic carbocycles. The van der Waals surface area contributed by atoms with Crippen LogP contribution in [0.5, 0.6) is 0 Å². The summed E-state index contributed by atoms with van der Waals surface area (Å²) < 4.78 is 0. The Hall–Kier alpha value is -2.53. The summed E-state index contributed by atoms with van der Waals surface area (Å²) >= 11 is 5.84. The van der Waals surface area contributed by atoms with Gasteiger partial charge in [0.15, 0.2) is 0 Å². The van der Waals surface area contributed by atoms with Gasteiger partial charge in [0.2, 0.25) is 0 Å². The highest BCUT2D eigenvalue weighted by Gasteiger charge is 2.07. The van der Waals surface area contributed by atoms with Crippen molar-refractivity contribution in [1.82, 2.24) is 0 Å². The van der Waals surface area contributed by atoms with Gasteiger partial charge in [-0.3, -0.25) is 4.79 Å². The van der Waals surface area contributed by atoms with Crippen molar-refractivity contribution < 1.29 is 9.59 Å². The van der Waals surface area contributed by atoms with E-state index in [0.29, 0.717) is 22.0 Å². The molecule has 0 radical (unpaired) electrons. The minimum atomic E-state index is -0.683. The molecule has 0 aromatic heterocycles. The number of nitrogens with one attached hydrogen (secondary N) is 2. The lowest BCUT2D eigenvalue weighted by Crippen LogP contribution is -2.19. The maximum atomic E-state index is 12.1. The fraction of sp³-hybridized carbons (Fsp3) is 0. The summed E-state index contributed by atoms with van der Waals surface area (Å²) in [5, 5.41) is 5.66. The number of primary amides is 1. The van der Waals surface area contributed by atoms with E-state index in [4.69, 9.17) is 17.3 Å². The molecule has 102 valence electrons. The quantitative estimate of drug-likeness (QED) is 0.811.